The van der Waals surface area contributed by atoms with E-state index in [9.17, 15) is 19.1 Å². The van der Waals surface area contributed by atoms with E-state index in [0.717, 1.165) is 12.3 Å². The summed E-state index contributed by atoms with van der Waals surface area (Å²) in [4.78, 5) is 33.7. The molecule has 0 unspecified atom stereocenters. The molecule has 2 N–H and O–H groups in total. The van der Waals surface area contributed by atoms with Crippen molar-refractivity contribution in [3.05, 3.63) is 45.4 Å². The first kappa shape index (κ1) is 16.1. The third-order valence-corrected chi connectivity index (χ3v) is 4.73. The molecule has 0 atom stereocenters. The highest BCUT2D eigenvalue weighted by Gasteiger charge is 2.28. The second-order valence-electron chi connectivity index (χ2n) is 5.55. The molecule has 0 bridgehead atoms. The Morgan fingerprint density at radius 3 is 2.77 bits per heavy atom. The Morgan fingerprint density at radius 2 is 2.15 bits per heavy atom. The normalized spacial score (nSPS) is 13.7. The van der Waals surface area contributed by atoms with Crippen molar-refractivity contribution in [2.45, 2.75) is 0 Å². The van der Waals surface area contributed by atoms with Crippen LogP contribution in [0.5, 0.6) is 0 Å². The summed E-state index contributed by atoms with van der Waals surface area (Å²) in [6.45, 7) is 0.418. The molecule has 11 heteroatoms. The first-order valence-corrected chi connectivity index (χ1v) is 8.21. The minimum atomic E-state index is -1.42. The van der Waals surface area contributed by atoms with Crippen LogP contribution in [0.3, 0.4) is 0 Å². The second kappa shape index (κ2) is 5.88. The van der Waals surface area contributed by atoms with Gasteiger partial charge < -0.3 is 15.2 Å². The zero-order valence-electron chi connectivity index (χ0n) is 13.0. The molecule has 9 nitrogen and oxygen atoms in total. The number of carboxylic acids is 1. The summed E-state index contributed by atoms with van der Waals surface area (Å²) in [5.74, 6) is -2.20. The van der Waals surface area contributed by atoms with Crippen molar-refractivity contribution >= 4 is 39.9 Å². The monoisotopic (exact) mass is 375 g/mol. The minimum Gasteiger partial charge on any atom is -0.477 e. The van der Waals surface area contributed by atoms with Gasteiger partial charge in [0.2, 0.25) is 5.43 Å². The fourth-order valence-corrected chi connectivity index (χ4v) is 3.29. The number of aromatic nitrogens is 3. The van der Waals surface area contributed by atoms with Gasteiger partial charge in [-0.2, -0.15) is 0 Å². The van der Waals surface area contributed by atoms with Crippen LogP contribution in [0.15, 0.2) is 33.8 Å². The number of hydrogen-bond acceptors (Lipinski definition) is 8. The lowest BCUT2D eigenvalue weighted by molar-refractivity contribution is 0.0695. The molecule has 0 amide bonds. The van der Waals surface area contributed by atoms with Gasteiger partial charge in [0.1, 0.15) is 5.56 Å². The van der Waals surface area contributed by atoms with Crippen LogP contribution < -0.4 is 10.3 Å². The number of rotatable bonds is 3. The number of carbonyl (C=O) groups is 1. The van der Waals surface area contributed by atoms with Gasteiger partial charge in [0.25, 0.3) is 0 Å². The van der Waals surface area contributed by atoms with Crippen LogP contribution in [0, 0.1) is 5.82 Å². The van der Waals surface area contributed by atoms with E-state index in [1.165, 1.54) is 27.0 Å². The number of anilines is 1. The van der Waals surface area contributed by atoms with Gasteiger partial charge in [-0.15, -0.1) is 11.3 Å². The highest BCUT2D eigenvalue weighted by atomic mass is 32.1. The number of fused-ring (bicyclic) bond motifs is 1. The van der Waals surface area contributed by atoms with Gasteiger partial charge in [0.05, 0.1) is 24.2 Å². The number of halogens is 1. The SMILES string of the molecule is O=C(O)c1cn(-c2nccs2)c2nc(N3CC(=NO)C3)c(F)cc2c1=O. The highest BCUT2D eigenvalue weighted by Crippen LogP contribution is 2.26. The lowest BCUT2D eigenvalue weighted by Gasteiger charge is -2.32. The Morgan fingerprint density at radius 1 is 1.38 bits per heavy atom. The van der Waals surface area contributed by atoms with Crippen LogP contribution >= 0.6 is 11.3 Å². The van der Waals surface area contributed by atoms with Crippen molar-refractivity contribution in [2.75, 3.05) is 18.0 Å². The van der Waals surface area contributed by atoms with E-state index in [4.69, 9.17) is 5.21 Å². The fraction of sp³-hybridized carbons (Fsp3) is 0.133. The number of pyridine rings is 2. The molecular weight excluding hydrogens is 365 g/mol. The third kappa shape index (κ3) is 2.40. The van der Waals surface area contributed by atoms with Gasteiger partial charge >= 0.3 is 5.97 Å². The average molecular weight is 375 g/mol. The Balaban J connectivity index is 1.99. The Kier molecular flexibility index (Phi) is 3.65. The first-order valence-electron chi connectivity index (χ1n) is 7.33. The molecule has 0 aromatic carbocycles. The summed E-state index contributed by atoms with van der Waals surface area (Å²) < 4.78 is 15.8. The number of hydrogen-bond donors (Lipinski definition) is 2. The number of thiazole rings is 1. The van der Waals surface area contributed by atoms with E-state index in [2.05, 4.69) is 15.1 Å². The predicted molar refractivity (Wildman–Crippen MR) is 91.4 cm³/mol. The Bertz CT molecular complexity index is 1120. The number of carboxylic acid groups (broad SMARTS) is 1. The Labute approximate surface area is 148 Å². The number of aromatic carboxylic acids is 1. The van der Waals surface area contributed by atoms with E-state index in [0.29, 0.717) is 10.8 Å². The maximum Gasteiger partial charge on any atom is 0.341 e. The van der Waals surface area contributed by atoms with Gasteiger partial charge in [-0.25, -0.2) is 19.2 Å². The zero-order valence-corrected chi connectivity index (χ0v) is 13.8. The van der Waals surface area contributed by atoms with Crippen LogP contribution in [0.1, 0.15) is 10.4 Å². The topological polar surface area (TPSA) is 121 Å². The van der Waals surface area contributed by atoms with E-state index in [-0.39, 0.29) is 29.9 Å². The summed E-state index contributed by atoms with van der Waals surface area (Å²) >= 11 is 1.22. The molecular formula is C15H10FN5O4S. The van der Waals surface area contributed by atoms with Crippen molar-refractivity contribution < 1.29 is 19.5 Å². The van der Waals surface area contributed by atoms with Crippen molar-refractivity contribution in [3.8, 4) is 5.13 Å². The quantitative estimate of drug-likeness (QED) is 0.523. The average Bonchev–Trinajstić information content (AvgIpc) is 3.09. The van der Waals surface area contributed by atoms with Crippen LogP contribution in [-0.2, 0) is 0 Å². The minimum absolute atomic E-state index is 0.0160. The van der Waals surface area contributed by atoms with Gasteiger partial charge in [0, 0.05) is 17.8 Å². The summed E-state index contributed by atoms with van der Waals surface area (Å²) in [5.41, 5.74) is -0.745. The third-order valence-electron chi connectivity index (χ3n) is 3.96. The zero-order chi connectivity index (χ0) is 18.4. The maximum atomic E-state index is 14.5. The molecule has 26 heavy (non-hydrogen) atoms. The highest BCUT2D eigenvalue weighted by molar-refractivity contribution is 7.12. The van der Waals surface area contributed by atoms with Gasteiger partial charge in [-0.05, 0) is 6.07 Å². The van der Waals surface area contributed by atoms with E-state index in [1.807, 2.05) is 0 Å². The second-order valence-corrected chi connectivity index (χ2v) is 6.42. The largest absolute Gasteiger partial charge is 0.477 e. The van der Waals surface area contributed by atoms with Gasteiger partial charge in [-0.3, -0.25) is 9.36 Å². The van der Waals surface area contributed by atoms with Gasteiger partial charge in [0.15, 0.2) is 22.4 Å². The maximum absolute atomic E-state index is 14.5. The van der Waals surface area contributed by atoms with E-state index in [1.54, 1.807) is 5.38 Å². The molecule has 1 aliphatic heterocycles. The Hall–Kier alpha value is -3.34. The lowest BCUT2D eigenvalue weighted by Crippen LogP contribution is -2.48. The van der Waals surface area contributed by atoms with Crippen molar-refractivity contribution in [2.24, 2.45) is 5.16 Å². The lowest BCUT2D eigenvalue weighted by atomic mass is 10.1. The van der Waals surface area contributed by atoms with Crippen LogP contribution in [0.25, 0.3) is 16.2 Å². The molecule has 0 saturated carbocycles. The smallest absolute Gasteiger partial charge is 0.341 e. The summed E-state index contributed by atoms with van der Waals surface area (Å²) in [6, 6.07) is 0.977. The molecule has 132 valence electrons. The number of nitrogens with zero attached hydrogens (tertiary/aromatic N) is 5. The van der Waals surface area contributed by atoms with Crippen LogP contribution in [0.4, 0.5) is 10.2 Å². The molecule has 4 rings (SSSR count). The fourth-order valence-electron chi connectivity index (χ4n) is 2.68. The molecule has 3 aromatic rings. The van der Waals surface area contributed by atoms with E-state index < -0.39 is 22.8 Å². The molecule has 0 spiro atoms. The van der Waals surface area contributed by atoms with Crippen molar-refractivity contribution in [1.82, 2.24) is 14.5 Å². The predicted octanol–water partition coefficient (Wildman–Crippen LogP) is 1.33. The molecule has 4 heterocycles. The molecule has 0 aliphatic carbocycles. The molecule has 1 aliphatic rings. The standard InChI is InChI=1S/C15H10FN5O4S/c16-10-3-8-11(22)9(14(23)24)6-21(15-17-1-2-26-15)12(8)18-13(10)20-4-7(5-20)19-25/h1-3,6,25H,4-5H2,(H,23,24). The molecule has 1 fully saturated rings. The summed E-state index contributed by atoms with van der Waals surface area (Å²) in [6.07, 6.45) is 2.66. The van der Waals surface area contributed by atoms with E-state index >= 15 is 0 Å². The summed E-state index contributed by atoms with van der Waals surface area (Å²) in [7, 11) is 0. The summed E-state index contributed by atoms with van der Waals surface area (Å²) in [5, 5.41) is 23.0. The van der Waals surface area contributed by atoms with Crippen molar-refractivity contribution in [1.29, 1.82) is 0 Å². The molecule has 1 saturated heterocycles. The molecule has 0 radical (unpaired) electrons. The number of oxime groups is 1. The van der Waals surface area contributed by atoms with Gasteiger partial charge in [-0.1, -0.05) is 5.16 Å². The molecule has 3 aromatic heterocycles. The van der Waals surface area contributed by atoms with Crippen LogP contribution in [-0.4, -0.2) is 49.6 Å². The first-order chi connectivity index (χ1) is 12.5. The van der Waals surface area contributed by atoms with Crippen molar-refractivity contribution in [3.63, 3.8) is 0 Å². The van der Waals surface area contributed by atoms with Crippen LogP contribution in [0.2, 0.25) is 0 Å².